The van der Waals surface area contributed by atoms with Crippen molar-refractivity contribution in [1.82, 2.24) is 9.88 Å². The maximum atomic E-state index is 12.7. The number of carbonyl (C=O) groups is 1. The largest absolute Gasteiger partial charge is 0.396 e. The van der Waals surface area contributed by atoms with Crippen LogP contribution in [0.3, 0.4) is 0 Å². The first-order valence-corrected chi connectivity index (χ1v) is 7.20. The molecule has 0 aliphatic carbocycles. The Morgan fingerprint density at radius 3 is 2.64 bits per heavy atom. The molecule has 2 rings (SSSR count). The van der Waals surface area contributed by atoms with Crippen molar-refractivity contribution in [3.63, 3.8) is 0 Å². The van der Waals surface area contributed by atoms with Crippen LogP contribution in [0.25, 0.3) is 0 Å². The van der Waals surface area contributed by atoms with E-state index >= 15 is 0 Å². The Morgan fingerprint density at radius 1 is 1.32 bits per heavy atom. The van der Waals surface area contributed by atoms with E-state index in [-0.39, 0.29) is 18.6 Å². The van der Waals surface area contributed by atoms with E-state index < -0.39 is 0 Å². The molecule has 5 heteroatoms. The number of H-pyrrole nitrogens is 1. The van der Waals surface area contributed by atoms with E-state index in [0.717, 1.165) is 5.56 Å². The lowest BCUT2D eigenvalue weighted by Crippen LogP contribution is -2.38. The predicted octanol–water partition coefficient (Wildman–Crippen LogP) is 2.30. The zero-order valence-electron chi connectivity index (χ0n) is 12.5. The van der Waals surface area contributed by atoms with Gasteiger partial charge < -0.3 is 15.0 Å². The number of aliphatic hydroxyl groups is 1. The second-order valence-corrected chi connectivity index (χ2v) is 5.18. The lowest BCUT2D eigenvalue weighted by molar-refractivity contribution is 0.0643. The molecule has 1 heterocycles. The number of carbonyl (C=O) groups excluding carboxylic acids is 1. The van der Waals surface area contributed by atoms with Crippen molar-refractivity contribution >= 4 is 5.91 Å². The van der Waals surface area contributed by atoms with Crippen LogP contribution in [0, 0.1) is 11.3 Å². The lowest BCUT2D eigenvalue weighted by atomic mass is 10.1. The molecule has 0 saturated heterocycles. The standard InChI is InChI=1S/C17H19N3O2/c1-13(9-10-21)20(12-14-5-3-2-4-6-14)17(22)16-8-7-15(11-18)19-16/h2-8,13,19,21H,9-10,12H2,1H3. The van der Waals surface area contributed by atoms with Crippen LogP contribution in [0.2, 0.25) is 0 Å². The van der Waals surface area contributed by atoms with Crippen LogP contribution < -0.4 is 0 Å². The summed E-state index contributed by atoms with van der Waals surface area (Å²) in [6, 6.07) is 14.8. The Morgan fingerprint density at radius 2 is 2.05 bits per heavy atom. The van der Waals surface area contributed by atoms with Gasteiger partial charge in [0.05, 0.1) is 0 Å². The molecule has 114 valence electrons. The van der Waals surface area contributed by atoms with Gasteiger partial charge in [0, 0.05) is 19.2 Å². The average molecular weight is 297 g/mol. The Balaban J connectivity index is 2.23. The second kappa shape index (κ2) is 7.43. The van der Waals surface area contributed by atoms with Crippen molar-refractivity contribution in [2.45, 2.75) is 25.9 Å². The molecule has 0 bridgehead atoms. The molecule has 0 spiro atoms. The molecule has 2 aromatic rings. The van der Waals surface area contributed by atoms with Crippen LogP contribution in [0.15, 0.2) is 42.5 Å². The maximum absolute atomic E-state index is 12.7. The fourth-order valence-electron chi connectivity index (χ4n) is 2.29. The molecular weight excluding hydrogens is 278 g/mol. The monoisotopic (exact) mass is 297 g/mol. The van der Waals surface area contributed by atoms with Crippen molar-refractivity contribution in [3.05, 3.63) is 59.4 Å². The van der Waals surface area contributed by atoms with Crippen molar-refractivity contribution < 1.29 is 9.90 Å². The average Bonchev–Trinajstić information content (AvgIpc) is 3.02. The zero-order chi connectivity index (χ0) is 15.9. The number of nitrogens with zero attached hydrogens (tertiary/aromatic N) is 2. The molecule has 1 amide bonds. The number of hydrogen-bond acceptors (Lipinski definition) is 3. The van der Waals surface area contributed by atoms with E-state index in [9.17, 15) is 4.79 Å². The lowest BCUT2D eigenvalue weighted by Gasteiger charge is -2.28. The summed E-state index contributed by atoms with van der Waals surface area (Å²) in [5, 5.41) is 18.0. The summed E-state index contributed by atoms with van der Waals surface area (Å²) in [6.45, 7) is 2.39. The topological polar surface area (TPSA) is 80.1 Å². The van der Waals surface area contributed by atoms with Gasteiger partial charge in [0.25, 0.3) is 5.91 Å². The van der Waals surface area contributed by atoms with E-state index in [1.54, 1.807) is 17.0 Å². The minimum Gasteiger partial charge on any atom is -0.396 e. The van der Waals surface area contributed by atoms with Gasteiger partial charge in [0.2, 0.25) is 0 Å². The number of rotatable bonds is 6. The smallest absolute Gasteiger partial charge is 0.270 e. The zero-order valence-corrected chi connectivity index (χ0v) is 12.5. The number of benzene rings is 1. The summed E-state index contributed by atoms with van der Waals surface area (Å²) in [5.41, 5.74) is 1.77. The highest BCUT2D eigenvalue weighted by atomic mass is 16.3. The molecule has 5 nitrogen and oxygen atoms in total. The van der Waals surface area contributed by atoms with Gasteiger partial charge in [0.1, 0.15) is 17.5 Å². The van der Waals surface area contributed by atoms with Gasteiger partial charge in [-0.3, -0.25) is 4.79 Å². The summed E-state index contributed by atoms with van der Waals surface area (Å²) in [7, 11) is 0. The third-order valence-electron chi connectivity index (χ3n) is 3.57. The number of amides is 1. The Labute approximate surface area is 129 Å². The molecule has 0 aliphatic heterocycles. The van der Waals surface area contributed by atoms with E-state index in [0.29, 0.717) is 24.4 Å². The molecule has 2 N–H and O–H groups in total. The van der Waals surface area contributed by atoms with Crippen LogP contribution in [0.4, 0.5) is 0 Å². The number of aliphatic hydroxyl groups excluding tert-OH is 1. The van der Waals surface area contributed by atoms with Gasteiger partial charge in [-0.05, 0) is 31.0 Å². The summed E-state index contributed by atoms with van der Waals surface area (Å²) in [6.07, 6.45) is 0.504. The first-order chi connectivity index (χ1) is 10.7. The first-order valence-electron chi connectivity index (χ1n) is 7.20. The van der Waals surface area contributed by atoms with Crippen molar-refractivity contribution in [1.29, 1.82) is 5.26 Å². The Bertz CT molecular complexity index is 658. The molecule has 0 radical (unpaired) electrons. The van der Waals surface area contributed by atoms with Crippen LogP contribution in [-0.2, 0) is 6.54 Å². The predicted molar refractivity (Wildman–Crippen MR) is 83.0 cm³/mol. The normalized spacial score (nSPS) is 11.7. The van der Waals surface area contributed by atoms with E-state index in [1.165, 1.54) is 0 Å². The van der Waals surface area contributed by atoms with Crippen molar-refractivity contribution in [2.75, 3.05) is 6.61 Å². The minimum atomic E-state index is -0.175. The molecule has 0 aliphatic rings. The molecule has 22 heavy (non-hydrogen) atoms. The fraction of sp³-hybridized carbons (Fsp3) is 0.294. The number of aromatic nitrogens is 1. The number of nitriles is 1. The maximum Gasteiger partial charge on any atom is 0.270 e. The molecule has 0 saturated carbocycles. The van der Waals surface area contributed by atoms with Gasteiger partial charge in [-0.1, -0.05) is 30.3 Å². The number of hydrogen-bond donors (Lipinski definition) is 2. The molecule has 0 fully saturated rings. The van der Waals surface area contributed by atoms with Crippen LogP contribution >= 0.6 is 0 Å². The van der Waals surface area contributed by atoms with Crippen molar-refractivity contribution in [2.24, 2.45) is 0 Å². The highest BCUT2D eigenvalue weighted by Gasteiger charge is 2.22. The first kappa shape index (κ1) is 15.8. The van der Waals surface area contributed by atoms with Gasteiger partial charge in [-0.15, -0.1) is 0 Å². The van der Waals surface area contributed by atoms with E-state index in [4.69, 9.17) is 10.4 Å². The molecular formula is C17H19N3O2. The van der Waals surface area contributed by atoms with Gasteiger partial charge in [0.15, 0.2) is 0 Å². The molecule has 1 aromatic carbocycles. The van der Waals surface area contributed by atoms with Gasteiger partial charge in [-0.2, -0.15) is 5.26 Å². The third kappa shape index (κ3) is 3.74. The van der Waals surface area contributed by atoms with Crippen LogP contribution in [0.1, 0.15) is 35.1 Å². The Hall–Kier alpha value is -2.58. The SMILES string of the molecule is CC(CCO)N(Cc1ccccc1)C(=O)c1ccc(C#N)[nH]1. The summed E-state index contributed by atoms with van der Waals surface area (Å²) in [5.74, 6) is -0.175. The van der Waals surface area contributed by atoms with Crippen molar-refractivity contribution in [3.8, 4) is 6.07 Å². The molecule has 1 aromatic heterocycles. The summed E-state index contributed by atoms with van der Waals surface area (Å²) < 4.78 is 0. The molecule has 1 unspecified atom stereocenters. The van der Waals surface area contributed by atoms with E-state index in [2.05, 4.69) is 4.98 Å². The highest BCUT2D eigenvalue weighted by Crippen LogP contribution is 2.15. The second-order valence-electron chi connectivity index (χ2n) is 5.18. The fourth-order valence-corrected chi connectivity index (χ4v) is 2.29. The summed E-state index contributed by atoms with van der Waals surface area (Å²) in [4.78, 5) is 17.2. The van der Waals surface area contributed by atoms with Gasteiger partial charge in [-0.25, -0.2) is 0 Å². The van der Waals surface area contributed by atoms with Crippen LogP contribution in [0.5, 0.6) is 0 Å². The van der Waals surface area contributed by atoms with Crippen LogP contribution in [-0.4, -0.2) is 33.5 Å². The third-order valence-corrected chi connectivity index (χ3v) is 3.57. The number of aromatic amines is 1. The van der Waals surface area contributed by atoms with E-state index in [1.807, 2.05) is 43.3 Å². The summed E-state index contributed by atoms with van der Waals surface area (Å²) >= 11 is 0. The molecule has 1 atom stereocenters. The number of nitrogens with one attached hydrogen (secondary N) is 1. The Kier molecular flexibility index (Phi) is 5.34. The minimum absolute atomic E-state index is 0.0217. The van der Waals surface area contributed by atoms with Gasteiger partial charge >= 0.3 is 0 Å². The quantitative estimate of drug-likeness (QED) is 0.858. The highest BCUT2D eigenvalue weighted by molar-refractivity contribution is 5.92.